The van der Waals surface area contributed by atoms with Crippen LogP contribution in [0.15, 0.2) is 46.5 Å². The maximum atomic E-state index is 14.8. The number of piperidine rings is 1. The molecule has 0 aliphatic carbocycles. The van der Waals surface area contributed by atoms with E-state index in [1.54, 1.807) is 50.9 Å². The Labute approximate surface area is 309 Å². The molecule has 0 saturated carbocycles. The van der Waals surface area contributed by atoms with E-state index in [4.69, 9.17) is 4.74 Å². The van der Waals surface area contributed by atoms with Gasteiger partial charge in [0.25, 0.3) is 11.8 Å². The molecule has 51 heavy (non-hydrogen) atoms. The lowest BCUT2D eigenvalue weighted by molar-refractivity contribution is -0.143. The van der Waals surface area contributed by atoms with Crippen LogP contribution in [-0.2, 0) is 24.3 Å². The summed E-state index contributed by atoms with van der Waals surface area (Å²) in [5.74, 6) is -0.752. The summed E-state index contributed by atoms with van der Waals surface area (Å²) in [6.45, 7) is 5.75. The van der Waals surface area contributed by atoms with Crippen LogP contribution in [0, 0.1) is 0 Å². The minimum Gasteiger partial charge on any atom is -0.378 e. The number of anilines is 1. The summed E-state index contributed by atoms with van der Waals surface area (Å²) in [6, 6.07) is 6.45. The molecular weight excluding hydrogens is 735 g/mol. The van der Waals surface area contributed by atoms with Crippen LogP contribution in [-0.4, -0.2) is 120 Å². The molecule has 18 heteroatoms. The molecule has 2 atom stereocenters. The first-order chi connectivity index (χ1) is 24.3. The average molecular weight is 776 g/mol. The monoisotopic (exact) mass is 775 g/mol. The number of thiazole rings is 1. The number of thioether (sulfide) groups is 1. The standard InChI is InChI=1S/C33H41N7O7S4/c1-21(2)34-28(41)23-6-4-22(5-7-23)25-19-49-31(35-25)37-29(42)26-20-50-33(9-11-39(12-10-33)51(3,45)46)40(26)30(43)27(24-8-17-48-18-24)36-32(44)38-13-15-47-16-14-38/h4-8,17-19,21,26-27H,9-16,20H2,1-3H3,(H,34,41)(H,36,44)(H,35,37,42)/t26-,27+/m0/s1. The van der Waals surface area contributed by atoms with Gasteiger partial charge in [-0.3, -0.25) is 14.4 Å². The van der Waals surface area contributed by atoms with Gasteiger partial charge in [0.1, 0.15) is 12.1 Å². The lowest BCUT2D eigenvalue weighted by atomic mass is 9.99. The van der Waals surface area contributed by atoms with E-state index in [-0.39, 0.29) is 30.8 Å². The molecule has 3 saturated heterocycles. The van der Waals surface area contributed by atoms with Gasteiger partial charge in [-0.15, -0.1) is 23.1 Å². The Morgan fingerprint density at radius 2 is 1.69 bits per heavy atom. The minimum atomic E-state index is -3.45. The van der Waals surface area contributed by atoms with Gasteiger partial charge in [-0.1, -0.05) is 12.1 Å². The van der Waals surface area contributed by atoms with Crippen molar-refractivity contribution in [2.24, 2.45) is 0 Å². The highest BCUT2D eigenvalue weighted by atomic mass is 32.2. The van der Waals surface area contributed by atoms with E-state index in [0.717, 1.165) is 5.56 Å². The van der Waals surface area contributed by atoms with E-state index < -0.39 is 44.8 Å². The van der Waals surface area contributed by atoms with Crippen molar-refractivity contribution in [1.82, 2.24) is 29.7 Å². The Morgan fingerprint density at radius 3 is 2.31 bits per heavy atom. The lowest BCUT2D eigenvalue weighted by Crippen LogP contribution is -2.60. The van der Waals surface area contributed by atoms with Crippen LogP contribution in [0.1, 0.15) is 48.7 Å². The molecule has 274 valence electrons. The molecule has 5 heterocycles. The van der Waals surface area contributed by atoms with Crippen molar-refractivity contribution in [2.45, 2.75) is 49.7 Å². The third-order valence-corrected chi connectivity index (χ3v) is 13.4. The van der Waals surface area contributed by atoms with Gasteiger partial charge >= 0.3 is 6.03 Å². The predicted molar refractivity (Wildman–Crippen MR) is 198 cm³/mol. The summed E-state index contributed by atoms with van der Waals surface area (Å²) < 4.78 is 31.6. The zero-order valence-corrected chi connectivity index (χ0v) is 31.8. The number of urea groups is 1. The van der Waals surface area contributed by atoms with Crippen LogP contribution < -0.4 is 16.0 Å². The molecule has 3 fully saturated rings. The van der Waals surface area contributed by atoms with E-state index in [2.05, 4.69) is 20.9 Å². The molecule has 0 radical (unpaired) electrons. The fourth-order valence-electron chi connectivity index (χ4n) is 6.40. The predicted octanol–water partition coefficient (Wildman–Crippen LogP) is 3.43. The van der Waals surface area contributed by atoms with Gasteiger partial charge in [0.15, 0.2) is 5.13 Å². The first-order valence-corrected chi connectivity index (χ1v) is 21.3. The first-order valence-electron chi connectivity index (χ1n) is 16.6. The van der Waals surface area contributed by atoms with Gasteiger partial charge in [-0.2, -0.15) is 11.3 Å². The Bertz CT molecular complexity index is 1840. The third-order valence-electron chi connectivity index (χ3n) is 9.06. The molecule has 3 aliphatic rings. The number of amides is 5. The number of carbonyl (C=O) groups excluding carboxylic acids is 4. The zero-order chi connectivity index (χ0) is 36.3. The minimum absolute atomic E-state index is 0.0110. The number of hydrogen-bond donors (Lipinski definition) is 3. The number of thiophene rings is 1. The third kappa shape index (κ3) is 8.41. The molecule has 1 aromatic carbocycles. The van der Waals surface area contributed by atoms with Crippen LogP contribution in [0.25, 0.3) is 11.3 Å². The summed E-state index contributed by atoms with van der Waals surface area (Å²) in [6.07, 6.45) is 1.81. The lowest BCUT2D eigenvalue weighted by Gasteiger charge is -2.45. The molecule has 3 aliphatic heterocycles. The summed E-state index contributed by atoms with van der Waals surface area (Å²) in [7, 11) is -3.45. The normalized spacial score (nSPS) is 20.0. The van der Waals surface area contributed by atoms with Gasteiger partial charge in [-0.25, -0.2) is 22.5 Å². The van der Waals surface area contributed by atoms with E-state index in [1.807, 2.05) is 19.2 Å². The van der Waals surface area contributed by atoms with Crippen LogP contribution in [0.2, 0.25) is 0 Å². The highest BCUT2D eigenvalue weighted by molar-refractivity contribution is 8.01. The van der Waals surface area contributed by atoms with Gasteiger partial charge in [0.05, 0.1) is 30.0 Å². The number of benzene rings is 1. The Morgan fingerprint density at radius 1 is 0.980 bits per heavy atom. The second-order valence-electron chi connectivity index (χ2n) is 12.9. The molecule has 6 rings (SSSR count). The molecule has 3 aromatic rings. The van der Waals surface area contributed by atoms with Gasteiger partial charge < -0.3 is 30.5 Å². The Balaban J connectivity index is 1.24. The highest BCUT2D eigenvalue weighted by Crippen LogP contribution is 2.48. The summed E-state index contributed by atoms with van der Waals surface area (Å²) >= 11 is 4.10. The fourth-order valence-corrected chi connectivity index (χ4v) is 10.3. The smallest absolute Gasteiger partial charge is 0.318 e. The highest BCUT2D eigenvalue weighted by Gasteiger charge is 2.55. The van der Waals surface area contributed by atoms with Gasteiger partial charge in [-0.05, 0) is 61.2 Å². The van der Waals surface area contributed by atoms with Crippen LogP contribution in [0.3, 0.4) is 0 Å². The number of carbonyl (C=O) groups is 4. The number of aromatic nitrogens is 1. The maximum absolute atomic E-state index is 14.8. The van der Waals surface area contributed by atoms with Gasteiger partial charge in [0.2, 0.25) is 15.9 Å². The molecule has 2 aromatic heterocycles. The Kier molecular flexibility index (Phi) is 11.4. The molecule has 5 amide bonds. The second-order valence-corrected chi connectivity index (χ2v) is 17.9. The molecule has 14 nitrogen and oxygen atoms in total. The fraction of sp³-hybridized carbons (Fsp3) is 0.485. The molecule has 0 unspecified atom stereocenters. The van der Waals surface area contributed by atoms with Crippen molar-refractivity contribution in [2.75, 3.05) is 56.7 Å². The summed E-state index contributed by atoms with van der Waals surface area (Å²) in [5, 5.41) is 14.5. The van der Waals surface area contributed by atoms with Crippen molar-refractivity contribution in [3.05, 3.63) is 57.6 Å². The number of rotatable bonds is 9. The van der Waals surface area contributed by atoms with Crippen molar-refractivity contribution in [1.29, 1.82) is 0 Å². The van der Waals surface area contributed by atoms with Crippen molar-refractivity contribution >= 4 is 73.3 Å². The quantitative estimate of drug-likeness (QED) is 0.295. The first kappa shape index (κ1) is 37.2. The van der Waals surface area contributed by atoms with Crippen molar-refractivity contribution in [3.8, 4) is 11.3 Å². The van der Waals surface area contributed by atoms with Gasteiger partial charge in [0, 0.05) is 54.5 Å². The van der Waals surface area contributed by atoms with E-state index in [0.29, 0.717) is 61.1 Å². The molecular formula is C33H41N7O7S4. The molecule has 1 spiro atoms. The number of morpholine rings is 1. The summed E-state index contributed by atoms with van der Waals surface area (Å²) in [4.78, 5) is 61.7. The second kappa shape index (κ2) is 15.6. The van der Waals surface area contributed by atoms with Crippen LogP contribution in [0.4, 0.5) is 9.93 Å². The molecule has 3 N–H and O–H groups in total. The number of nitrogens with zero attached hydrogens (tertiary/aromatic N) is 4. The number of nitrogens with one attached hydrogen (secondary N) is 3. The van der Waals surface area contributed by atoms with Crippen LogP contribution >= 0.6 is 34.4 Å². The molecule has 0 bridgehead atoms. The van der Waals surface area contributed by atoms with E-state index >= 15 is 0 Å². The topological polar surface area (TPSA) is 170 Å². The van der Waals surface area contributed by atoms with Crippen LogP contribution in [0.5, 0.6) is 0 Å². The van der Waals surface area contributed by atoms with E-state index in [9.17, 15) is 27.6 Å². The number of ether oxygens (including phenoxy) is 1. The van der Waals surface area contributed by atoms with Crippen molar-refractivity contribution < 1.29 is 32.3 Å². The van der Waals surface area contributed by atoms with E-state index in [1.165, 1.54) is 45.0 Å². The Hall–Kier alpha value is -3.55. The SMILES string of the molecule is CC(C)NC(=O)c1ccc(-c2csc(NC(=O)[C@@H]3CSC4(CCN(S(C)(=O)=O)CC4)N3C(=O)[C@H](NC(=O)N3CCOCC3)c3ccsc3)n2)cc1. The zero-order valence-electron chi connectivity index (χ0n) is 28.5. The summed E-state index contributed by atoms with van der Waals surface area (Å²) in [5.41, 5.74) is 2.52. The number of hydrogen-bond acceptors (Lipinski definition) is 11. The average Bonchev–Trinajstić information content (AvgIpc) is 3.88. The maximum Gasteiger partial charge on any atom is 0.318 e. The number of sulfonamides is 1. The van der Waals surface area contributed by atoms with Crippen molar-refractivity contribution in [3.63, 3.8) is 0 Å². The largest absolute Gasteiger partial charge is 0.378 e.